The maximum absolute atomic E-state index is 12.7. The van der Waals surface area contributed by atoms with Crippen molar-refractivity contribution in [3.63, 3.8) is 0 Å². The summed E-state index contributed by atoms with van der Waals surface area (Å²) in [7, 11) is 0. The van der Waals surface area contributed by atoms with Crippen LogP contribution in [0.15, 0.2) is 24.3 Å². The summed E-state index contributed by atoms with van der Waals surface area (Å²) in [5, 5.41) is 2.16. The van der Waals surface area contributed by atoms with Gasteiger partial charge in [-0.05, 0) is 38.3 Å². The van der Waals surface area contributed by atoms with Gasteiger partial charge in [-0.3, -0.25) is 9.59 Å². The monoisotopic (exact) mass is 301 g/mol. The quantitative estimate of drug-likeness (QED) is 0.865. The molecule has 0 aromatic heterocycles. The van der Waals surface area contributed by atoms with Crippen LogP contribution in [0.25, 0.3) is 0 Å². The van der Waals surface area contributed by atoms with Crippen molar-refractivity contribution in [2.75, 3.05) is 4.90 Å². The second-order valence-electron chi connectivity index (χ2n) is 6.83. The summed E-state index contributed by atoms with van der Waals surface area (Å²) in [4.78, 5) is 26.3. The number of benzene rings is 1. The molecule has 2 amide bonds. The predicted molar refractivity (Wildman–Crippen MR) is 85.4 cm³/mol. The number of anilines is 1. The van der Waals surface area contributed by atoms with Crippen molar-refractivity contribution in [2.45, 2.75) is 58.0 Å². The molecule has 1 aromatic rings. The molecule has 2 N–H and O–H groups in total. The Morgan fingerprint density at radius 3 is 2.45 bits per heavy atom. The highest BCUT2D eigenvalue weighted by atomic mass is 16.2. The number of carbonyl (C=O) groups excluding carboxylic acids is 2. The van der Waals surface area contributed by atoms with Gasteiger partial charge in [0, 0.05) is 5.92 Å². The standard InChI is InChI=1S/C18H24N2O2/c1-12-7-9-14(10-8-12)20-17(21)11-16(18(20)22)19-15-6-4-3-5-13(15)2/h7-10,13,15-16,19H,3-6,11H2,1-2H3/p+1/t13-,15+,16-/m1/s1. The Morgan fingerprint density at radius 2 is 1.77 bits per heavy atom. The lowest BCUT2D eigenvalue weighted by Gasteiger charge is -2.28. The summed E-state index contributed by atoms with van der Waals surface area (Å²) < 4.78 is 0. The second-order valence-corrected chi connectivity index (χ2v) is 6.83. The summed E-state index contributed by atoms with van der Waals surface area (Å²) in [6.07, 6.45) is 5.25. The zero-order valence-corrected chi connectivity index (χ0v) is 13.4. The molecule has 2 aliphatic rings. The van der Waals surface area contributed by atoms with Crippen molar-refractivity contribution in [3.05, 3.63) is 29.8 Å². The van der Waals surface area contributed by atoms with E-state index >= 15 is 0 Å². The Hall–Kier alpha value is -1.68. The number of hydrogen-bond acceptors (Lipinski definition) is 2. The van der Waals surface area contributed by atoms with Gasteiger partial charge in [-0.25, -0.2) is 4.90 Å². The minimum atomic E-state index is -0.237. The third-order valence-corrected chi connectivity index (χ3v) is 5.13. The second kappa shape index (κ2) is 6.21. The Balaban J connectivity index is 1.72. The maximum atomic E-state index is 12.7. The molecule has 1 aliphatic heterocycles. The van der Waals surface area contributed by atoms with Gasteiger partial charge in [0.05, 0.1) is 18.2 Å². The number of nitrogens with two attached hydrogens (primary N) is 1. The lowest BCUT2D eigenvalue weighted by Crippen LogP contribution is -2.97. The van der Waals surface area contributed by atoms with Crippen LogP contribution in [0.3, 0.4) is 0 Å². The Morgan fingerprint density at radius 1 is 1.09 bits per heavy atom. The number of aryl methyl sites for hydroxylation is 1. The van der Waals surface area contributed by atoms with Gasteiger partial charge in [0.25, 0.3) is 5.91 Å². The summed E-state index contributed by atoms with van der Waals surface area (Å²) in [6, 6.07) is 7.84. The Kier molecular flexibility index (Phi) is 4.30. The molecule has 0 spiro atoms. The molecule has 0 unspecified atom stereocenters. The lowest BCUT2D eigenvalue weighted by atomic mass is 9.85. The largest absolute Gasteiger partial charge is 0.333 e. The van der Waals surface area contributed by atoms with Crippen LogP contribution in [0, 0.1) is 12.8 Å². The van der Waals surface area contributed by atoms with Crippen molar-refractivity contribution in [3.8, 4) is 0 Å². The van der Waals surface area contributed by atoms with Crippen LogP contribution in [0.4, 0.5) is 5.69 Å². The number of rotatable bonds is 3. The fourth-order valence-electron chi connectivity index (χ4n) is 3.70. The molecule has 1 saturated carbocycles. The molecule has 4 nitrogen and oxygen atoms in total. The molecule has 1 heterocycles. The van der Waals surface area contributed by atoms with Crippen LogP contribution in [0.1, 0.15) is 44.6 Å². The van der Waals surface area contributed by atoms with E-state index in [0.717, 1.165) is 12.0 Å². The number of amides is 2. The SMILES string of the molecule is Cc1ccc(N2C(=O)C[C@@H]([NH2+][C@H]3CCCC[C@H]3C)C2=O)cc1. The summed E-state index contributed by atoms with van der Waals surface area (Å²) in [5.41, 5.74) is 1.83. The highest BCUT2D eigenvalue weighted by molar-refractivity contribution is 6.21. The fraction of sp³-hybridized carbons (Fsp3) is 0.556. The van der Waals surface area contributed by atoms with Gasteiger partial charge in [-0.15, -0.1) is 0 Å². The van der Waals surface area contributed by atoms with Gasteiger partial charge in [0.15, 0.2) is 6.04 Å². The van der Waals surface area contributed by atoms with Crippen molar-refractivity contribution in [1.29, 1.82) is 0 Å². The fourth-order valence-corrected chi connectivity index (χ4v) is 3.70. The van der Waals surface area contributed by atoms with Gasteiger partial charge in [-0.2, -0.15) is 0 Å². The molecular formula is C18H25N2O2+. The number of quaternary nitrogens is 1. The Bertz CT molecular complexity index is 567. The minimum absolute atomic E-state index is 0.0494. The number of hydrogen-bond donors (Lipinski definition) is 1. The molecule has 1 saturated heterocycles. The van der Waals surface area contributed by atoms with Crippen LogP contribution < -0.4 is 10.2 Å². The first-order valence-electron chi connectivity index (χ1n) is 8.34. The van der Waals surface area contributed by atoms with Crippen molar-refractivity contribution < 1.29 is 14.9 Å². The van der Waals surface area contributed by atoms with E-state index in [1.54, 1.807) is 0 Å². The third kappa shape index (κ3) is 2.93. The first-order valence-corrected chi connectivity index (χ1v) is 8.34. The lowest BCUT2D eigenvalue weighted by molar-refractivity contribution is -0.715. The van der Waals surface area contributed by atoms with Gasteiger partial charge in [0.2, 0.25) is 5.91 Å². The molecule has 0 radical (unpaired) electrons. The molecule has 4 heteroatoms. The van der Waals surface area contributed by atoms with Crippen LogP contribution >= 0.6 is 0 Å². The highest BCUT2D eigenvalue weighted by Gasteiger charge is 2.44. The predicted octanol–water partition coefficient (Wildman–Crippen LogP) is 1.77. The molecular weight excluding hydrogens is 276 g/mol. The molecule has 3 atom stereocenters. The van der Waals surface area contributed by atoms with Gasteiger partial charge < -0.3 is 5.32 Å². The Labute approximate surface area is 131 Å². The number of imide groups is 1. The first kappa shape index (κ1) is 15.2. The molecule has 22 heavy (non-hydrogen) atoms. The van der Waals surface area contributed by atoms with Crippen LogP contribution in [0.2, 0.25) is 0 Å². The molecule has 1 aliphatic carbocycles. The van der Waals surface area contributed by atoms with E-state index in [1.807, 2.05) is 31.2 Å². The van der Waals surface area contributed by atoms with Crippen LogP contribution in [0.5, 0.6) is 0 Å². The summed E-state index contributed by atoms with van der Waals surface area (Å²) >= 11 is 0. The average Bonchev–Trinajstić information content (AvgIpc) is 2.77. The topological polar surface area (TPSA) is 54.0 Å². The normalized spacial score (nSPS) is 29.2. The number of carbonyl (C=O) groups is 2. The van der Waals surface area contributed by atoms with E-state index < -0.39 is 0 Å². The van der Waals surface area contributed by atoms with Gasteiger partial charge in [-0.1, -0.05) is 31.0 Å². The zero-order chi connectivity index (χ0) is 15.7. The third-order valence-electron chi connectivity index (χ3n) is 5.13. The van der Waals surface area contributed by atoms with Gasteiger partial charge >= 0.3 is 0 Å². The zero-order valence-electron chi connectivity index (χ0n) is 13.4. The number of nitrogens with zero attached hydrogens (tertiary/aromatic N) is 1. The molecule has 0 bridgehead atoms. The molecule has 1 aromatic carbocycles. The van der Waals surface area contributed by atoms with Crippen molar-refractivity contribution in [2.24, 2.45) is 5.92 Å². The van der Waals surface area contributed by atoms with E-state index in [4.69, 9.17) is 0 Å². The van der Waals surface area contributed by atoms with Crippen LogP contribution in [-0.2, 0) is 9.59 Å². The molecule has 118 valence electrons. The van der Waals surface area contributed by atoms with E-state index in [1.165, 1.54) is 24.2 Å². The van der Waals surface area contributed by atoms with E-state index in [2.05, 4.69) is 12.2 Å². The summed E-state index contributed by atoms with van der Waals surface area (Å²) in [5.74, 6) is 0.510. The van der Waals surface area contributed by atoms with E-state index in [0.29, 0.717) is 24.1 Å². The smallest absolute Gasteiger partial charge is 0.292 e. The van der Waals surface area contributed by atoms with E-state index in [9.17, 15) is 9.59 Å². The van der Waals surface area contributed by atoms with Crippen molar-refractivity contribution in [1.82, 2.24) is 0 Å². The van der Waals surface area contributed by atoms with Crippen molar-refractivity contribution >= 4 is 17.5 Å². The van der Waals surface area contributed by atoms with Gasteiger partial charge in [0.1, 0.15) is 0 Å². The average molecular weight is 301 g/mol. The summed E-state index contributed by atoms with van der Waals surface area (Å²) in [6.45, 7) is 4.26. The van der Waals surface area contributed by atoms with E-state index in [-0.39, 0.29) is 17.9 Å². The van der Waals surface area contributed by atoms with Crippen LogP contribution in [-0.4, -0.2) is 23.9 Å². The maximum Gasteiger partial charge on any atom is 0.292 e. The minimum Gasteiger partial charge on any atom is -0.333 e. The first-order chi connectivity index (χ1) is 10.6. The molecule has 2 fully saturated rings. The highest BCUT2D eigenvalue weighted by Crippen LogP contribution is 2.24. The molecule has 3 rings (SSSR count).